The molecule has 0 radical (unpaired) electrons. The van der Waals surface area contributed by atoms with Crippen LogP contribution in [0.2, 0.25) is 0 Å². The molecular weight excluding hydrogens is 1090 g/mol. The Hall–Kier alpha value is -9.88. The predicted octanol–water partition coefficient (Wildman–Crippen LogP) is 17.8. The summed E-state index contributed by atoms with van der Waals surface area (Å²) in [5, 5.41) is 4.71. The molecule has 0 spiro atoms. The smallest absolute Gasteiger partial charge is 0.256 e. The fourth-order valence-corrected chi connectivity index (χ4v) is 16.3. The Morgan fingerprint density at radius 2 is 0.955 bits per heavy atom. The molecule has 18 rings (SSSR count). The van der Waals surface area contributed by atoms with Gasteiger partial charge in [0.2, 0.25) is 6.71 Å². The van der Waals surface area contributed by atoms with Crippen molar-refractivity contribution in [3.8, 4) is 39.4 Å². The first-order valence-electron chi connectivity index (χ1n) is 30.8. The second-order valence-electron chi connectivity index (χ2n) is 26.3. The highest BCUT2D eigenvalue weighted by atomic mass is 32.2. The molecule has 0 bridgehead atoms. The highest BCUT2D eigenvalue weighted by Crippen LogP contribution is 2.53. The van der Waals surface area contributed by atoms with E-state index >= 15 is 0 Å². The highest BCUT2D eigenvalue weighted by Gasteiger charge is 2.48. The normalized spacial score (nSPS) is 13.8. The summed E-state index contributed by atoms with van der Waals surface area (Å²) < 4.78 is 17.1. The molecule has 6 heterocycles. The topological polar surface area (TPSA) is 33.8 Å². The molecule has 418 valence electrons. The Morgan fingerprint density at radius 1 is 0.375 bits per heavy atom. The maximum atomic E-state index is 7.76. The van der Waals surface area contributed by atoms with Gasteiger partial charge in [-0.05, 0) is 127 Å². The standard InChI is InChI=1S/C80H59B2N3O2S/c1-79(2,3)50-41-68-75-72(43-50)86-71-47-67-61(46-62(71)81(75)59-33-16-19-36-65(59)84(68)66-37-22-32-58-57-29-15-20-38-70(57)87-78(58)66)82-60-40-39-52(83-63-34-17-13-27-55(63)56-28-14-18-35-64(56)83)45-73(60)88-74-44-51(80(4,5)6)42-69(76(74)82)85(67)77-53(48-23-9-7-10-24-48)30-21-31-54(77)49-25-11-8-12-26-49/h7-47H,1-6H3. The number of rotatable bonds is 5. The van der Waals surface area contributed by atoms with Gasteiger partial charge in [-0.25, -0.2) is 0 Å². The molecule has 5 nitrogen and oxygen atoms in total. The van der Waals surface area contributed by atoms with Crippen molar-refractivity contribution in [2.45, 2.75) is 62.2 Å². The molecule has 0 N–H and O–H groups in total. The quantitative estimate of drug-likeness (QED) is 0.160. The first kappa shape index (κ1) is 51.4. The molecule has 4 aliphatic heterocycles. The van der Waals surface area contributed by atoms with Gasteiger partial charge in [0.05, 0.1) is 22.4 Å². The number of nitrogens with zero attached hydrogens (tertiary/aromatic N) is 3. The van der Waals surface area contributed by atoms with E-state index in [1.165, 1.54) is 70.3 Å². The van der Waals surface area contributed by atoms with Crippen molar-refractivity contribution in [1.29, 1.82) is 0 Å². The van der Waals surface area contributed by atoms with Crippen molar-refractivity contribution in [2.75, 3.05) is 9.80 Å². The number of aromatic nitrogens is 1. The van der Waals surface area contributed by atoms with Crippen molar-refractivity contribution >= 4 is 136 Å². The Labute approximate surface area is 517 Å². The zero-order valence-corrected chi connectivity index (χ0v) is 50.7. The van der Waals surface area contributed by atoms with Crippen LogP contribution in [0.5, 0.6) is 11.5 Å². The van der Waals surface area contributed by atoms with Crippen LogP contribution in [-0.4, -0.2) is 18.0 Å². The van der Waals surface area contributed by atoms with Crippen LogP contribution in [0, 0.1) is 0 Å². The first-order valence-corrected chi connectivity index (χ1v) is 31.6. The fraction of sp³-hybridized carbons (Fsp3) is 0.100. The summed E-state index contributed by atoms with van der Waals surface area (Å²) >= 11 is 1.93. The lowest BCUT2D eigenvalue weighted by Gasteiger charge is -2.44. The van der Waals surface area contributed by atoms with Crippen molar-refractivity contribution in [1.82, 2.24) is 4.57 Å². The van der Waals surface area contributed by atoms with Crippen molar-refractivity contribution in [3.63, 3.8) is 0 Å². The van der Waals surface area contributed by atoms with E-state index in [1.807, 2.05) is 11.8 Å². The molecule has 0 amide bonds. The Bertz CT molecular complexity index is 5170. The lowest BCUT2D eigenvalue weighted by Crippen LogP contribution is -2.63. The second-order valence-corrected chi connectivity index (χ2v) is 27.4. The number of hydrogen-bond acceptors (Lipinski definition) is 5. The zero-order valence-electron chi connectivity index (χ0n) is 49.9. The largest absolute Gasteiger partial charge is 0.458 e. The number of ether oxygens (including phenoxy) is 1. The minimum absolute atomic E-state index is 0.131. The molecule has 0 saturated carbocycles. The fourth-order valence-electron chi connectivity index (χ4n) is 15.0. The number of furan rings is 1. The van der Waals surface area contributed by atoms with Crippen molar-refractivity contribution in [2.24, 2.45) is 0 Å². The van der Waals surface area contributed by atoms with Crippen LogP contribution in [0.4, 0.5) is 34.1 Å². The Balaban J connectivity index is 0.935. The van der Waals surface area contributed by atoms with Gasteiger partial charge in [0, 0.05) is 77.0 Å². The molecule has 12 aromatic carbocycles. The Morgan fingerprint density at radius 3 is 1.66 bits per heavy atom. The number of anilines is 6. The lowest BCUT2D eigenvalue weighted by molar-refractivity contribution is 0.483. The minimum Gasteiger partial charge on any atom is -0.458 e. The van der Waals surface area contributed by atoms with Gasteiger partial charge in [-0.15, -0.1) is 0 Å². The monoisotopic (exact) mass is 1150 g/mol. The van der Waals surface area contributed by atoms with Crippen LogP contribution >= 0.6 is 11.8 Å². The summed E-state index contributed by atoms with van der Waals surface area (Å²) in [5.41, 5.74) is 26.1. The molecule has 0 saturated heterocycles. The van der Waals surface area contributed by atoms with Gasteiger partial charge in [0.15, 0.2) is 5.58 Å². The van der Waals surface area contributed by atoms with Crippen molar-refractivity contribution < 1.29 is 9.15 Å². The summed E-state index contributed by atoms with van der Waals surface area (Å²) in [7, 11) is 0. The van der Waals surface area contributed by atoms with Gasteiger partial charge in [-0.1, -0.05) is 235 Å². The summed E-state index contributed by atoms with van der Waals surface area (Å²) in [6.07, 6.45) is 0. The van der Waals surface area contributed by atoms with Gasteiger partial charge < -0.3 is 23.5 Å². The van der Waals surface area contributed by atoms with E-state index in [0.29, 0.717) is 0 Å². The van der Waals surface area contributed by atoms with Crippen LogP contribution in [-0.2, 0) is 10.8 Å². The van der Waals surface area contributed by atoms with Crippen LogP contribution < -0.4 is 47.3 Å². The van der Waals surface area contributed by atoms with E-state index in [-0.39, 0.29) is 24.3 Å². The van der Waals surface area contributed by atoms with Gasteiger partial charge in [-0.2, -0.15) is 0 Å². The molecule has 14 aromatic rings. The molecule has 2 aromatic heterocycles. The molecule has 8 heteroatoms. The SMILES string of the molecule is CC(C)(C)c1cc2c3c(c1)N(c1cccc4c1oc1ccccc14)c1ccccc1B3c1cc3c(cc1O2)N(c1c(-c2ccccc2)cccc1-c1ccccc1)c1cc(C(C)(C)C)cc2c1B3c1ccc(-n3c4ccccc4c4ccccc43)cc1S2. The maximum absolute atomic E-state index is 7.76. The molecule has 0 atom stereocenters. The van der Waals surface area contributed by atoms with Crippen LogP contribution in [0.25, 0.3) is 71.7 Å². The second kappa shape index (κ2) is 18.8. The molecule has 0 fully saturated rings. The van der Waals surface area contributed by atoms with E-state index < -0.39 is 0 Å². The van der Waals surface area contributed by atoms with Crippen molar-refractivity contribution in [3.05, 3.63) is 260 Å². The molecule has 4 aliphatic rings. The van der Waals surface area contributed by atoms with Crippen LogP contribution in [0.1, 0.15) is 52.7 Å². The molecular formula is C80H59B2N3O2S. The number of hydrogen-bond donors (Lipinski definition) is 0. The summed E-state index contributed by atoms with van der Waals surface area (Å²) in [6, 6.07) is 92.7. The molecule has 0 aliphatic carbocycles. The third kappa shape index (κ3) is 7.51. The number of fused-ring (bicyclic) bond motifs is 14. The van der Waals surface area contributed by atoms with Gasteiger partial charge in [-0.3, -0.25) is 0 Å². The minimum atomic E-state index is -0.208. The number of para-hydroxylation sites is 6. The Kier molecular flexibility index (Phi) is 11.0. The average molecular weight is 1150 g/mol. The summed E-state index contributed by atoms with van der Waals surface area (Å²) in [4.78, 5) is 7.65. The van der Waals surface area contributed by atoms with E-state index in [9.17, 15) is 0 Å². The van der Waals surface area contributed by atoms with Crippen LogP contribution in [0.15, 0.2) is 263 Å². The van der Waals surface area contributed by atoms with Crippen LogP contribution in [0.3, 0.4) is 0 Å². The van der Waals surface area contributed by atoms with Gasteiger partial charge in [0.25, 0.3) is 6.71 Å². The first-order chi connectivity index (χ1) is 42.9. The predicted molar refractivity (Wildman–Crippen MR) is 372 cm³/mol. The van der Waals surface area contributed by atoms with E-state index in [4.69, 9.17) is 9.15 Å². The lowest BCUT2D eigenvalue weighted by atomic mass is 9.31. The third-order valence-electron chi connectivity index (χ3n) is 19.2. The molecule has 0 unspecified atom stereocenters. The van der Waals surface area contributed by atoms with E-state index in [1.54, 1.807) is 0 Å². The van der Waals surface area contributed by atoms with E-state index in [2.05, 4.69) is 305 Å². The number of benzene rings is 12. The molecule has 88 heavy (non-hydrogen) atoms. The van der Waals surface area contributed by atoms with Gasteiger partial charge in [0.1, 0.15) is 17.1 Å². The zero-order chi connectivity index (χ0) is 58.9. The highest BCUT2D eigenvalue weighted by molar-refractivity contribution is 8.00. The summed E-state index contributed by atoms with van der Waals surface area (Å²) in [6.45, 7) is 13.7. The van der Waals surface area contributed by atoms with E-state index in [0.717, 1.165) is 101 Å². The van der Waals surface area contributed by atoms with Gasteiger partial charge >= 0.3 is 0 Å². The third-order valence-corrected chi connectivity index (χ3v) is 20.3. The maximum Gasteiger partial charge on any atom is 0.256 e. The summed E-state index contributed by atoms with van der Waals surface area (Å²) in [5.74, 6) is 1.74. The average Bonchev–Trinajstić information content (AvgIpc) is 0.844.